The Morgan fingerprint density at radius 1 is 0.680 bits per heavy atom. The van der Waals surface area contributed by atoms with Gasteiger partial charge in [-0.2, -0.15) is 0 Å². The first-order chi connectivity index (χ1) is 12.3. The second kappa shape index (κ2) is 21.0. The summed E-state index contributed by atoms with van der Waals surface area (Å²) in [5.41, 5.74) is 0. The number of esters is 1. The van der Waals surface area contributed by atoms with E-state index >= 15 is 0 Å². The van der Waals surface area contributed by atoms with Crippen molar-refractivity contribution in [3.05, 3.63) is 0 Å². The normalized spacial score (nSPS) is 10.6. The topological polar surface area (TPSA) is 52.6 Å². The monoisotopic (exact) mass is 356 g/mol. The van der Waals surface area contributed by atoms with Crippen molar-refractivity contribution in [3.8, 4) is 0 Å². The number of unbranched alkanes of at least 4 members (excludes halogenated alkanes) is 15. The van der Waals surface area contributed by atoms with E-state index in [0.29, 0.717) is 6.61 Å². The van der Waals surface area contributed by atoms with Gasteiger partial charge in [0, 0.05) is 0 Å². The molecule has 0 aliphatic carbocycles. The number of ether oxygens (including phenoxy) is 2. The van der Waals surface area contributed by atoms with Crippen molar-refractivity contribution >= 4 is 12.4 Å². The minimum absolute atomic E-state index is 0.260. The summed E-state index contributed by atoms with van der Waals surface area (Å²) in [5, 5.41) is 0. The fraction of sp³-hybridized carbons (Fsp3) is 0.905. The van der Waals surface area contributed by atoms with Gasteiger partial charge in [-0.1, -0.05) is 103 Å². The van der Waals surface area contributed by atoms with Crippen molar-refractivity contribution in [2.45, 2.75) is 110 Å². The number of hydrogen-bond donors (Lipinski definition) is 0. The third-order valence-electron chi connectivity index (χ3n) is 4.53. The minimum atomic E-state index is -0.465. The second-order valence-corrected chi connectivity index (χ2v) is 6.93. The molecule has 0 aromatic heterocycles. The van der Waals surface area contributed by atoms with E-state index in [9.17, 15) is 9.59 Å². The summed E-state index contributed by atoms with van der Waals surface area (Å²) >= 11 is 0. The van der Waals surface area contributed by atoms with Crippen molar-refractivity contribution in [2.24, 2.45) is 0 Å². The first kappa shape index (κ1) is 23.9. The Bertz CT molecular complexity index is 292. The Labute approximate surface area is 155 Å². The van der Waals surface area contributed by atoms with Crippen LogP contribution >= 0.6 is 0 Å². The summed E-state index contributed by atoms with van der Waals surface area (Å²) in [6.07, 6.45) is 21.2. The highest BCUT2D eigenvalue weighted by Crippen LogP contribution is 2.13. The first-order valence-electron chi connectivity index (χ1n) is 10.5. The summed E-state index contributed by atoms with van der Waals surface area (Å²) in [4.78, 5) is 21.0. The van der Waals surface area contributed by atoms with Crippen molar-refractivity contribution in [1.82, 2.24) is 0 Å². The van der Waals surface area contributed by atoms with Gasteiger partial charge in [-0.05, 0) is 6.42 Å². The second-order valence-electron chi connectivity index (χ2n) is 6.93. The highest BCUT2D eigenvalue weighted by molar-refractivity contribution is 5.71. The molecule has 0 aliphatic heterocycles. The summed E-state index contributed by atoms with van der Waals surface area (Å²) in [7, 11) is 0. The van der Waals surface area contributed by atoms with E-state index < -0.39 is 5.97 Å². The maximum absolute atomic E-state index is 11.1. The van der Waals surface area contributed by atoms with Crippen molar-refractivity contribution in [2.75, 3.05) is 13.2 Å². The largest absolute Gasteiger partial charge is 0.463 e. The molecule has 0 saturated carbocycles. The third kappa shape index (κ3) is 20.9. The van der Waals surface area contributed by atoms with Crippen LogP contribution in [0.15, 0.2) is 0 Å². The SMILES string of the molecule is CCCCCCCCCCCCCCCCCCOC(=O)COC=O. The molecule has 0 aromatic carbocycles. The Morgan fingerprint density at radius 2 is 1.08 bits per heavy atom. The average Bonchev–Trinajstić information content (AvgIpc) is 2.62. The summed E-state index contributed by atoms with van der Waals surface area (Å²) in [6.45, 7) is 2.68. The van der Waals surface area contributed by atoms with E-state index in [4.69, 9.17) is 4.74 Å². The molecule has 4 heteroatoms. The van der Waals surface area contributed by atoms with Gasteiger partial charge in [0.2, 0.25) is 0 Å². The fourth-order valence-electron chi connectivity index (χ4n) is 2.98. The lowest BCUT2D eigenvalue weighted by Crippen LogP contribution is -2.12. The molecular weight excluding hydrogens is 316 g/mol. The van der Waals surface area contributed by atoms with Crippen LogP contribution in [0.5, 0.6) is 0 Å². The molecule has 0 heterocycles. The summed E-state index contributed by atoms with van der Waals surface area (Å²) < 4.78 is 9.26. The molecule has 4 nitrogen and oxygen atoms in total. The van der Waals surface area contributed by atoms with E-state index in [0.717, 1.165) is 12.8 Å². The van der Waals surface area contributed by atoms with Gasteiger partial charge in [-0.25, -0.2) is 4.79 Å². The van der Waals surface area contributed by atoms with Crippen LogP contribution < -0.4 is 0 Å². The smallest absolute Gasteiger partial charge is 0.344 e. The van der Waals surface area contributed by atoms with Gasteiger partial charge in [0.25, 0.3) is 6.47 Å². The van der Waals surface area contributed by atoms with Crippen LogP contribution in [0.4, 0.5) is 0 Å². The zero-order chi connectivity index (χ0) is 18.4. The molecule has 0 amide bonds. The molecule has 148 valence electrons. The van der Waals surface area contributed by atoms with Crippen LogP contribution in [0.1, 0.15) is 110 Å². The first-order valence-corrected chi connectivity index (χ1v) is 10.5. The average molecular weight is 357 g/mol. The molecule has 0 unspecified atom stereocenters. The predicted molar refractivity (Wildman–Crippen MR) is 103 cm³/mol. The fourth-order valence-corrected chi connectivity index (χ4v) is 2.98. The van der Waals surface area contributed by atoms with Crippen LogP contribution in [-0.2, 0) is 19.1 Å². The molecule has 0 rings (SSSR count). The van der Waals surface area contributed by atoms with Crippen LogP contribution in [-0.4, -0.2) is 25.7 Å². The highest BCUT2D eigenvalue weighted by atomic mass is 16.6. The lowest BCUT2D eigenvalue weighted by atomic mass is 10.0. The Balaban J connectivity index is 3.05. The molecular formula is C21H40O4. The number of rotatable bonds is 20. The van der Waals surface area contributed by atoms with Gasteiger partial charge < -0.3 is 9.47 Å². The standard InChI is InChI=1S/C21H40O4/c1-2-3-4-5-6-7-8-9-10-11-12-13-14-15-16-17-18-25-21(23)19-24-20-22/h20H,2-19H2,1H3. The van der Waals surface area contributed by atoms with E-state index in [1.165, 1.54) is 89.9 Å². The van der Waals surface area contributed by atoms with Gasteiger partial charge in [-0.15, -0.1) is 0 Å². The zero-order valence-corrected chi connectivity index (χ0v) is 16.4. The highest BCUT2D eigenvalue weighted by Gasteiger charge is 2.01. The van der Waals surface area contributed by atoms with E-state index in [1.807, 2.05) is 0 Å². The third-order valence-corrected chi connectivity index (χ3v) is 4.53. The van der Waals surface area contributed by atoms with Crippen molar-refractivity contribution in [1.29, 1.82) is 0 Å². The van der Waals surface area contributed by atoms with Crippen LogP contribution in [0, 0.1) is 0 Å². The van der Waals surface area contributed by atoms with Gasteiger partial charge in [0.1, 0.15) is 0 Å². The lowest BCUT2D eigenvalue weighted by molar-refractivity contribution is -0.153. The predicted octanol–water partition coefficient (Wildman–Crippen LogP) is 5.96. The molecule has 0 radical (unpaired) electrons. The number of carbonyl (C=O) groups excluding carboxylic acids is 2. The maximum atomic E-state index is 11.1. The molecule has 25 heavy (non-hydrogen) atoms. The number of hydrogen-bond acceptors (Lipinski definition) is 4. The van der Waals surface area contributed by atoms with Crippen LogP contribution in [0.2, 0.25) is 0 Å². The van der Waals surface area contributed by atoms with Crippen LogP contribution in [0.3, 0.4) is 0 Å². The molecule has 0 aliphatic rings. The molecule has 0 fully saturated rings. The van der Waals surface area contributed by atoms with Crippen LogP contribution in [0.25, 0.3) is 0 Å². The van der Waals surface area contributed by atoms with Gasteiger partial charge in [-0.3, -0.25) is 4.79 Å². The Hall–Kier alpha value is -1.06. The van der Waals surface area contributed by atoms with Crippen molar-refractivity contribution < 1.29 is 19.1 Å². The minimum Gasteiger partial charge on any atom is -0.463 e. The van der Waals surface area contributed by atoms with Gasteiger partial charge in [0.15, 0.2) is 6.61 Å². The molecule has 0 N–H and O–H groups in total. The zero-order valence-electron chi connectivity index (χ0n) is 16.4. The van der Waals surface area contributed by atoms with Gasteiger partial charge >= 0.3 is 5.97 Å². The molecule has 0 spiro atoms. The maximum Gasteiger partial charge on any atom is 0.344 e. The van der Waals surface area contributed by atoms with Gasteiger partial charge in [0.05, 0.1) is 6.61 Å². The summed E-state index contributed by atoms with van der Waals surface area (Å²) in [6, 6.07) is 0. The molecule has 0 aromatic rings. The number of carbonyl (C=O) groups is 2. The molecule has 0 bridgehead atoms. The molecule has 0 saturated heterocycles. The quantitative estimate of drug-likeness (QED) is 0.153. The lowest BCUT2D eigenvalue weighted by Gasteiger charge is -2.05. The van der Waals surface area contributed by atoms with Crippen molar-refractivity contribution in [3.63, 3.8) is 0 Å². The van der Waals surface area contributed by atoms with E-state index in [1.54, 1.807) is 0 Å². The molecule has 0 atom stereocenters. The van der Waals surface area contributed by atoms with E-state index in [-0.39, 0.29) is 13.1 Å². The summed E-state index contributed by atoms with van der Waals surface area (Å²) in [5.74, 6) is -0.465. The Morgan fingerprint density at radius 3 is 1.48 bits per heavy atom. The van der Waals surface area contributed by atoms with E-state index in [2.05, 4.69) is 11.7 Å². The Kier molecular flexibility index (Phi) is 20.1.